The molecule has 3 heteroatoms. The van der Waals surface area contributed by atoms with Crippen LogP contribution in [0.1, 0.15) is 6.42 Å². The first-order valence-corrected chi connectivity index (χ1v) is 3.12. The first-order chi connectivity index (χ1) is 4.93. The van der Waals surface area contributed by atoms with Crippen LogP contribution in [0.5, 0.6) is 0 Å². The maximum absolute atomic E-state index is 9.56. The minimum absolute atomic E-state index is 0.252. The Bertz CT molecular complexity index is 194. The summed E-state index contributed by atoms with van der Waals surface area (Å²) in [5, 5.41) is 5.65. The molecule has 0 aromatic carbocycles. The molecule has 0 saturated heterocycles. The van der Waals surface area contributed by atoms with Crippen molar-refractivity contribution < 1.29 is 0 Å². The standard InChI is InChI=1S/C7H8N2O/c10-9-8-6-7-4-2-1-3-5-7/h1-4,6-7H,5H2/b8-6-. The molecule has 1 atom stereocenters. The van der Waals surface area contributed by atoms with Crippen molar-refractivity contribution in [3.05, 3.63) is 29.2 Å². The van der Waals surface area contributed by atoms with E-state index in [-0.39, 0.29) is 5.92 Å². The summed E-state index contributed by atoms with van der Waals surface area (Å²) >= 11 is 0. The number of nitrogens with zero attached hydrogens (tertiary/aromatic N) is 2. The fourth-order valence-corrected chi connectivity index (χ4v) is 0.823. The van der Waals surface area contributed by atoms with E-state index in [9.17, 15) is 4.91 Å². The average Bonchev–Trinajstić information content (AvgIpc) is 2.03. The van der Waals surface area contributed by atoms with E-state index in [0.29, 0.717) is 0 Å². The fraction of sp³-hybridized carbons (Fsp3) is 0.286. The van der Waals surface area contributed by atoms with Gasteiger partial charge in [0.05, 0.1) is 5.29 Å². The summed E-state index contributed by atoms with van der Waals surface area (Å²) in [5.41, 5.74) is 0. The van der Waals surface area contributed by atoms with Crippen LogP contribution in [0.3, 0.4) is 0 Å². The van der Waals surface area contributed by atoms with Crippen molar-refractivity contribution in [3.63, 3.8) is 0 Å². The van der Waals surface area contributed by atoms with Crippen LogP contribution in [-0.2, 0) is 0 Å². The molecule has 0 aromatic heterocycles. The highest BCUT2D eigenvalue weighted by atomic mass is 16.3. The molecule has 3 nitrogen and oxygen atoms in total. The summed E-state index contributed by atoms with van der Waals surface area (Å²) in [6.45, 7) is 0. The summed E-state index contributed by atoms with van der Waals surface area (Å²) < 4.78 is 0. The first kappa shape index (κ1) is 6.86. The third-order valence-corrected chi connectivity index (χ3v) is 1.32. The molecule has 0 N–H and O–H groups in total. The second-order valence-electron chi connectivity index (χ2n) is 2.06. The zero-order valence-corrected chi connectivity index (χ0v) is 5.47. The molecule has 1 unspecified atom stereocenters. The van der Waals surface area contributed by atoms with Crippen molar-refractivity contribution in [3.8, 4) is 0 Å². The Morgan fingerprint density at radius 3 is 3.00 bits per heavy atom. The lowest BCUT2D eigenvalue weighted by Crippen LogP contribution is -1.97. The van der Waals surface area contributed by atoms with Gasteiger partial charge < -0.3 is 0 Å². The quantitative estimate of drug-likeness (QED) is 0.324. The van der Waals surface area contributed by atoms with Crippen LogP contribution in [0.4, 0.5) is 0 Å². The minimum Gasteiger partial charge on any atom is -0.123 e. The molecule has 0 fully saturated rings. The van der Waals surface area contributed by atoms with Gasteiger partial charge in [-0.2, -0.15) is 0 Å². The molecule has 1 aliphatic carbocycles. The van der Waals surface area contributed by atoms with E-state index in [4.69, 9.17) is 0 Å². The van der Waals surface area contributed by atoms with Crippen LogP contribution >= 0.6 is 0 Å². The van der Waals surface area contributed by atoms with Crippen molar-refractivity contribution in [2.75, 3.05) is 0 Å². The zero-order chi connectivity index (χ0) is 7.23. The normalized spacial score (nSPS) is 23.8. The predicted molar refractivity (Wildman–Crippen MR) is 40.7 cm³/mol. The lowest BCUT2D eigenvalue weighted by atomic mass is 10.0. The second kappa shape index (κ2) is 3.71. The summed E-state index contributed by atoms with van der Waals surface area (Å²) in [6, 6.07) is 0. The van der Waals surface area contributed by atoms with Gasteiger partial charge in [-0.15, -0.1) is 10.0 Å². The van der Waals surface area contributed by atoms with Crippen LogP contribution < -0.4 is 0 Å². The van der Waals surface area contributed by atoms with Crippen LogP contribution in [0.25, 0.3) is 0 Å². The van der Waals surface area contributed by atoms with Gasteiger partial charge in [-0.1, -0.05) is 24.3 Å². The number of rotatable bonds is 2. The van der Waals surface area contributed by atoms with Crippen LogP contribution in [0.2, 0.25) is 0 Å². The number of nitroso groups, excluding NO2 is 1. The Hall–Kier alpha value is -1.25. The maximum Gasteiger partial charge on any atom is 0.0794 e. The van der Waals surface area contributed by atoms with Crippen molar-refractivity contribution >= 4 is 6.21 Å². The van der Waals surface area contributed by atoms with E-state index in [1.165, 1.54) is 0 Å². The van der Waals surface area contributed by atoms with Gasteiger partial charge in [0.2, 0.25) is 0 Å². The van der Waals surface area contributed by atoms with Crippen molar-refractivity contribution in [1.82, 2.24) is 0 Å². The van der Waals surface area contributed by atoms with Crippen molar-refractivity contribution in [2.45, 2.75) is 6.42 Å². The zero-order valence-electron chi connectivity index (χ0n) is 5.47. The van der Waals surface area contributed by atoms with Crippen molar-refractivity contribution in [2.24, 2.45) is 16.3 Å². The molecule has 0 saturated carbocycles. The third-order valence-electron chi connectivity index (χ3n) is 1.32. The van der Waals surface area contributed by atoms with Gasteiger partial charge in [0.1, 0.15) is 0 Å². The molecular weight excluding hydrogens is 128 g/mol. The summed E-state index contributed by atoms with van der Waals surface area (Å²) in [6.07, 6.45) is 10.4. The van der Waals surface area contributed by atoms with E-state index < -0.39 is 0 Å². The van der Waals surface area contributed by atoms with E-state index in [2.05, 4.69) is 10.4 Å². The van der Waals surface area contributed by atoms with Crippen molar-refractivity contribution in [1.29, 1.82) is 0 Å². The van der Waals surface area contributed by atoms with E-state index in [0.717, 1.165) is 6.42 Å². The molecule has 0 bridgehead atoms. The van der Waals surface area contributed by atoms with E-state index in [1.54, 1.807) is 6.21 Å². The largest absolute Gasteiger partial charge is 0.123 e. The highest BCUT2D eigenvalue weighted by Crippen LogP contribution is 2.08. The molecule has 0 spiro atoms. The molecule has 0 aliphatic heterocycles. The molecule has 52 valence electrons. The maximum atomic E-state index is 9.56. The highest BCUT2D eigenvalue weighted by Gasteiger charge is 1.99. The summed E-state index contributed by atoms with van der Waals surface area (Å²) in [4.78, 5) is 9.56. The number of allylic oxidation sites excluding steroid dienone is 4. The van der Waals surface area contributed by atoms with Gasteiger partial charge >= 0.3 is 0 Å². The Kier molecular flexibility index (Phi) is 2.55. The Labute approximate surface area is 59.1 Å². The van der Waals surface area contributed by atoms with Crippen LogP contribution in [0.15, 0.2) is 34.7 Å². The van der Waals surface area contributed by atoms with Gasteiger partial charge in [0.25, 0.3) is 0 Å². The van der Waals surface area contributed by atoms with Gasteiger partial charge in [-0.25, -0.2) is 0 Å². The summed E-state index contributed by atoms with van der Waals surface area (Å²) in [5.74, 6) is 0.252. The lowest BCUT2D eigenvalue weighted by molar-refractivity contribution is 0.881. The number of hydrogen-bond acceptors (Lipinski definition) is 2. The predicted octanol–water partition coefficient (Wildman–Crippen LogP) is 1.87. The van der Waals surface area contributed by atoms with Gasteiger partial charge in [-0.05, 0) is 6.42 Å². The van der Waals surface area contributed by atoms with Gasteiger partial charge in [0, 0.05) is 12.1 Å². The molecule has 10 heavy (non-hydrogen) atoms. The van der Waals surface area contributed by atoms with Crippen LogP contribution in [0, 0.1) is 10.8 Å². The fourth-order valence-electron chi connectivity index (χ4n) is 0.823. The smallest absolute Gasteiger partial charge is 0.0794 e. The summed E-state index contributed by atoms with van der Waals surface area (Å²) in [7, 11) is 0. The molecule has 1 rings (SSSR count). The molecule has 0 radical (unpaired) electrons. The highest BCUT2D eigenvalue weighted by molar-refractivity contribution is 5.63. The van der Waals surface area contributed by atoms with Gasteiger partial charge in [-0.3, -0.25) is 0 Å². The Balaban J connectivity index is 2.43. The Morgan fingerprint density at radius 2 is 2.40 bits per heavy atom. The minimum atomic E-state index is 0.252. The lowest BCUT2D eigenvalue weighted by Gasteiger charge is -2.03. The molecule has 0 aromatic rings. The molecule has 0 heterocycles. The average molecular weight is 136 g/mol. The monoisotopic (exact) mass is 136 g/mol. The Morgan fingerprint density at radius 1 is 1.50 bits per heavy atom. The third kappa shape index (κ3) is 1.93. The number of hydrogen-bond donors (Lipinski definition) is 0. The molecule has 0 amide bonds. The molecular formula is C7H8N2O. The SMILES string of the molecule is O=N/N=C\C1C=CC=CC1. The van der Waals surface area contributed by atoms with E-state index >= 15 is 0 Å². The second-order valence-corrected chi connectivity index (χ2v) is 2.06. The first-order valence-electron chi connectivity index (χ1n) is 3.12. The molecule has 1 aliphatic rings. The van der Waals surface area contributed by atoms with Crippen LogP contribution in [-0.4, -0.2) is 6.21 Å². The topological polar surface area (TPSA) is 41.8 Å². The van der Waals surface area contributed by atoms with E-state index in [1.807, 2.05) is 24.3 Å². The van der Waals surface area contributed by atoms with Gasteiger partial charge in [0.15, 0.2) is 0 Å².